The zero-order chi connectivity index (χ0) is 13.2. The van der Waals surface area contributed by atoms with Crippen LogP contribution in [-0.2, 0) is 0 Å². The normalized spacial score (nSPS) is 16.7. The molecule has 0 bridgehead atoms. The number of nitrogens with zero attached hydrogens (tertiary/aromatic N) is 4. The third kappa shape index (κ3) is 2.46. The number of piperidine rings is 1. The number of benzene rings is 1. The fourth-order valence-corrected chi connectivity index (χ4v) is 2.20. The Morgan fingerprint density at radius 2 is 2.00 bits per heavy atom. The van der Waals surface area contributed by atoms with Crippen molar-refractivity contribution in [2.45, 2.75) is 18.9 Å². The van der Waals surface area contributed by atoms with Gasteiger partial charge in [-0.2, -0.15) is 4.80 Å². The molecular formula is C12H13F2N5. The van der Waals surface area contributed by atoms with Gasteiger partial charge >= 0.3 is 0 Å². The summed E-state index contributed by atoms with van der Waals surface area (Å²) in [6, 6.07) is 3.52. The van der Waals surface area contributed by atoms with E-state index < -0.39 is 11.6 Å². The molecule has 0 atom stereocenters. The van der Waals surface area contributed by atoms with Crippen LogP contribution in [0, 0.1) is 11.6 Å². The summed E-state index contributed by atoms with van der Waals surface area (Å²) in [5.41, 5.74) is 0.168. The number of aromatic nitrogens is 4. The summed E-state index contributed by atoms with van der Waals surface area (Å²) in [6.07, 6.45) is 1.84. The quantitative estimate of drug-likeness (QED) is 0.895. The fraction of sp³-hybridized carbons (Fsp3) is 0.417. The zero-order valence-electron chi connectivity index (χ0n) is 10.2. The van der Waals surface area contributed by atoms with Crippen molar-refractivity contribution in [2.24, 2.45) is 0 Å². The molecule has 0 radical (unpaired) electrons. The van der Waals surface area contributed by atoms with E-state index in [0.717, 1.165) is 32.0 Å². The molecule has 0 saturated carbocycles. The van der Waals surface area contributed by atoms with Gasteiger partial charge in [0, 0.05) is 6.07 Å². The number of hydrogen-bond acceptors (Lipinski definition) is 4. The molecule has 100 valence electrons. The molecule has 0 amide bonds. The molecule has 5 nitrogen and oxygen atoms in total. The summed E-state index contributed by atoms with van der Waals surface area (Å²) in [5, 5.41) is 15.3. The Morgan fingerprint density at radius 3 is 2.74 bits per heavy atom. The van der Waals surface area contributed by atoms with Crippen molar-refractivity contribution in [3.05, 3.63) is 29.8 Å². The van der Waals surface area contributed by atoms with E-state index in [1.807, 2.05) is 0 Å². The highest BCUT2D eigenvalue weighted by Crippen LogP contribution is 2.21. The molecule has 1 fully saturated rings. The van der Waals surface area contributed by atoms with E-state index in [0.29, 0.717) is 0 Å². The van der Waals surface area contributed by atoms with Crippen LogP contribution in [0.25, 0.3) is 11.4 Å². The standard InChI is InChI=1S/C12H13F2N5/c13-8-1-2-10(11(14)7-8)12-16-18-19(17-12)9-3-5-15-6-4-9/h1-2,7,9,15H,3-6H2. The van der Waals surface area contributed by atoms with Crippen molar-refractivity contribution < 1.29 is 8.78 Å². The maximum atomic E-state index is 13.6. The Kier molecular flexibility index (Phi) is 3.20. The lowest BCUT2D eigenvalue weighted by Crippen LogP contribution is -2.30. The minimum Gasteiger partial charge on any atom is -0.317 e. The van der Waals surface area contributed by atoms with Gasteiger partial charge in [0.05, 0.1) is 11.6 Å². The van der Waals surface area contributed by atoms with Gasteiger partial charge in [0.1, 0.15) is 11.6 Å². The number of hydrogen-bond donors (Lipinski definition) is 1. The molecule has 1 aliphatic heterocycles. The van der Waals surface area contributed by atoms with E-state index in [2.05, 4.69) is 20.7 Å². The number of rotatable bonds is 2. The first kappa shape index (κ1) is 12.2. The van der Waals surface area contributed by atoms with Crippen molar-refractivity contribution in [3.8, 4) is 11.4 Å². The van der Waals surface area contributed by atoms with Crippen LogP contribution in [-0.4, -0.2) is 33.3 Å². The number of tetrazole rings is 1. The summed E-state index contributed by atoms with van der Waals surface area (Å²) < 4.78 is 26.5. The highest BCUT2D eigenvalue weighted by molar-refractivity contribution is 5.54. The van der Waals surface area contributed by atoms with Crippen LogP contribution in [0.15, 0.2) is 18.2 Å². The maximum Gasteiger partial charge on any atom is 0.207 e. The van der Waals surface area contributed by atoms with E-state index in [1.54, 1.807) is 0 Å². The van der Waals surface area contributed by atoms with Gasteiger partial charge in [0.15, 0.2) is 0 Å². The predicted octanol–water partition coefficient (Wildman–Crippen LogP) is 1.54. The molecule has 2 aromatic rings. The minimum atomic E-state index is -0.676. The average molecular weight is 265 g/mol. The first-order valence-electron chi connectivity index (χ1n) is 6.20. The Hall–Kier alpha value is -1.89. The molecule has 0 spiro atoms. The SMILES string of the molecule is Fc1ccc(-c2nnn(C3CCNCC3)n2)c(F)c1. The third-order valence-corrected chi connectivity index (χ3v) is 3.24. The third-order valence-electron chi connectivity index (χ3n) is 3.24. The molecule has 1 N–H and O–H groups in total. The van der Waals surface area contributed by atoms with Crippen LogP contribution >= 0.6 is 0 Å². The van der Waals surface area contributed by atoms with Crippen molar-refractivity contribution >= 4 is 0 Å². The average Bonchev–Trinajstić information content (AvgIpc) is 2.89. The monoisotopic (exact) mass is 265 g/mol. The van der Waals surface area contributed by atoms with Crippen molar-refractivity contribution in [1.82, 2.24) is 25.5 Å². The smallest absolute Gasteiger partial charge is 0.207 e. The second-order valence-electron chi connectivity index (χ2n) is 4.54. The molecule has 1 aliphatic rings. The zero-order valence-corrected chi connectivity index (χ0v) is 10.2. The molecule has 1 saturated heterocycles. The first-order valence-corrected chi connectivity index (χ1v) is 6.20. The van der Waals surface area contributed by atoms with Crippen molar-refractivity contribution in [2.75, 3.05) is 13.1 Å². The van der Waals surface area contributed by atoms with Crippen molar-refractivity contribution in [1.29, 1.82) is 0 Å². The Balaban J connectivity index is 1.87. The van der Waals surface area contributed by atoms with E-state index in [-0.39, 0.29) is 17.4 Å². The summed E-state index contributed by atoms with van der Waals surface area (Å²) in [6.45, 7) is 1.82. The van der Waals surface area contributed by atoms with E-state index in [4.69, 9.17) is 0 Å². The van der Waals surface area contributed by atoms with Gasteiger partial charge in [-0.05, 0) is 43.3 Å². The van der Waals surface area contributed by atoms with E-state index in [1.165, 1.54) is 16.9 Å². The van der Waals surface area contributed by atoms with Crippen LogP contribution in [0.5, 0.6) is 0 Å². The molecule has 3 rings (SSSR count). The molecule has 0 unspecified atom stereocenters. The Labute approximate surface area is 108 Å². The van der Waals surface area contributed by atoms with Crippen LogP contribution in [0.2, 0.25) is 0 Å². The lowest BCUT2D eigenvalue weighted by atomic mass is 10.1. The second-order valence-corrected chi connectivity index (χ2v) is 4.54. The Bertz CT molecular complexity index is 577. The molecule has 1 aromatic heterocycles. The summed E-state index contributed by atoms with van der Waals surface area (Å²) in [5.74, 6) is -1.10. The maximum absolute atomic E-state index is 13.6. The van der Waals surface area contributed by atoms with Crippen LogP contribution in [0.4, 0.5) is 8.78 Å². The highest BCUT2D eigenvalue weighted by Gasteiger charge is 2.19. The van der Waals surface area contributed by atoms with Crippen LogP contribution < -0.4 is 5.32 Å². The Morgan fingerprint density at radius 1 is 1.21 bits per heavy atom. The van der Waals surface area contributed by atoms with Gasteiger partial charge in [0.2, 0.25) is 5.82 Å². The highest BCUT2D eigenvalue weighted by atomic mass is 19.1. The van der Waals surface area contributed by atoms with Gasteiger partial charge in [-0.3, -0.25) is 0 Å². The summed E-state index contributed by atoms with van der Waals surface area (Å²) >= 11 is 0. The molecule has 2 heterocycles. The summed E-state index contributed by atoms with van der Waals surface area (Å²) in [7, 11) is 0. The molecule has 0 aliphatic carbocycles. The number of halogens is 2. The lowest BCUT2D eigenvalue weighted by Gasteiger charge is -2.20. The topological polar surface area (TPSA) is 55.6 Å². The van der Waals surface area contributed by atoms with Gasteiger partial charge in [-0.1, -0.05) is 0 Å². The van der Waals surface area contributed by atoms with E-state index >= 15 is 0 Å². The van der Waals surface area contributed by atoms with Crippen molar-refractivity contribution in [3.63, 3.8) is 0 Å². The fourth-order valence-electron chi connectivity index (χ4n) is 2.20. The second kappa shape index (κ2) is 5.00. The molecule has 1 aromatic carbocycles. The first-order chi connectivity index (χ1) is 9.24. The lowest BCUT2D eigenvalue weighted by molar-refractivity contribution is 0.309. The molecule has 7 heteroatoms. The van der Waals surface area contributed by atoms with E-state index in [9.17, 15) is 8.78 Å². The van der Waals surface area contributed by atoms with Gasteiger partial charge in [-0.25, -0.2) is 8.78 Å². The largest absolute Gasteiger partial charge is 0.317 e. The molecule has 19 heavy (non-hydrogen) atoms. The van der Waals surface area contributed by atoms with Gasteiger partial charge < -0.3 is 5.32 Å². The van der Waals surface area contributed by atoms with Crippen LogP contribution in [0.3, 0.4) is 0 Å². The summed E-state index contributed by atoms with van der Waals surface area (Å²) in [4.78, 5) is 1.53. The predicted molar refractivity (Wildman–Crippen MR) is 64.3 cm³/mol. The van der Waals surface area contributed by atoms with Gasteiger partial charge in [0.25, 0.3) is 0 Å². The minimum absolute atomic E-state index is 0.168. The molecular weight excluding hydrogens is 252 g/mol. The van der Waals surface area contributed by atoms with Gasteiger partial charge in [-0.15, -0.1) is 10.2 Å². The number of nitrogens with one attached hydrogen (secondary N) is 1. The van der Waals surface area contributed by atoms with Crippen LogP contribution in [0.1, 0.15) is 18.9 Å².